The number of benzene rings is 1. The van der Waals surface area contributed by atoms with Crippen LogP contribution in [0.4, 0.5) is 0 Å². The van der Waals surface area contributed by atoms with Gasteiger partial charge in [-0.15, -0.1) is 0 Å². The van der Waals surface area contributed by atoms with Crippen LogP contribution in [-0.4, -0.2) is 37.7 Å². The molecular formula is C13H14ClNO4. The third kappa shape index (κ3) is 2.88. The molecule has 0 aliphatic carbocycles. The van der Waals surface area contributed by atoms with Gasteiger partial charge in [0.05, 0.1) is 13.7 Å². The van der Waals surface area contributed by atoms with E-state index in [2.05, 4.69) is 5.32 Å². The van der Waals surface area contributed by atoms with Crippen LogP contribution in [0.25, 0.3) is 0 Å². The average molecular weight is 284 g/mol. The number of hydrogen-bond donors (Lipinski definition) is 1. The number of hydrogen-bond acceptors (Lipinski definition) is 4. The maximum Gasteiger partial charge on any atom is 0.334 e. The zero-order valence-corrected chi connectivity index (χ0v) is 11.2. The predicted octanol–water partition coefficient (Wildman–Crippen LogP) is 1.40. The molecule has 0 spiro atoms. The van der Waals surface area contributed by atoms with Gasteiger partial charge in [-0.2, -0.15) is 0 Å². The van der Waals surface area contributed by atoms with Crippen molar-refractivity contribution in [2.24, 2.45) is 0 Å². The Morgan fingerprint density at radius 3 is 2.58 bits per heavy atom. The highest BCUT2D eigenvalue weighted by Gasteiger charge is 2.45. The lowest BCUT2D eigenvalue weighted by Crippen LogP contribution is -2.55. The second-order valence-corrected chi connectivity index (χ2v) is 4.77. The maximum atomic E-state index is 12.1. The summed E-state index contributed by atoms with van der Waals surface area (Å²) in [5.74, 6) is -0.847. The van der Waals surface area contributed by atoms with Crippen LogP contribution in [-0.2, 0) is 14.3 Å². The molecule has 0 radical (unpaired) electrons. The van der Waals surface area contributed by atoms with Crippen LogP contribution in [0.15, 0.2) is 24.3 Å². The van der Waals surface area contributed by atoms with Crippen LogP contribution in [0.5, 0.6) is 0 Å². The fraction of sp³-hybridized carbons (Fsp3) is 0.385. The number of carbonyl (C=O) groups excluding carboxylic acids is 2. The van der Waals surface area contributed by atoms with E-state index in [-0.39, 0.29) is 12.5 Å². The van der Waals surface area contributed by atoms with Crippen molar-refractivity contribution < 1.29 is 19.1 Å². The first kappa shape index (κ1) is 13.8. The fourth-order valence-corrected chi connectivity index (χ4v) is 2.09. The third-order valence-electron chi connectivity index (χ3n) is 3.06. The summed E-state index contributed by atoms with van der Waals surface area (Å²) in [4.78, 5) is 23.9. The van der Waals surface area contributed by atoms with Crippen LogP contribution >= 0.6 is 11.6 Å². The van der Waals surface area contributed by atoms with Crippen LogP contribution in [0, 0.1) is 0 Å². The van der Waals surface area contributed by atoms with Gasteiger partial charge in [0.2, 0.25) is 0 Å². The standard InChI is InChI=1S/C13H14ClNO4/c1-18-12(17)13(6-7-19-8-13)15-11(16)9-2-4-10(14)5-3-9/h2-5H,6-8H2,1H3,(H,15,16). The molecule has 1 N–H and O–H groups in total. The molecule has 1 heterocycles. The molecule has 1 unspecified atom stereocenters. The van der Waals surface area contributed by atoms with E-state index >= 15 is 0 Å². The topological polar surface area (TPSA) is 64.6 Å². The molecule has 1 aliphatic rings. The van der Waals surface area contributed by atoms with Crippen molar-refractivity contribution in [2.45, 2.75) is 12.0 Å². The summed E-state index contributed by atoms with van der Waals surface area (Å²) in [6.45, 7) is 0.537. The minimum Gasteiger partial charge on any atom is -0.467 e. The van der Waals surface area contributed by atoms with E-state index < -0.39 is 11.5 Å². The molecule has 1 fully saturated rings. The Labute approximate surface area is 115 Å². The quantitative estimate of drug-likeness (QED) is 0.852. The van der Waals surface area contributed by atoms with Crippen molar-refractivity contribution in [2.75, 3.05) is 20.3 Å². The van der Waals surface area contributed by atoms with E-state index in [1.807, 2.05) is 0 Å². The van der Waals surface area contributed by atoms with Gasteiger partial charge in [-0.25, -0.2) is 4.79 Å². The molecule has 0 saturated carbocycles. The zero-order valence-electron chi connectivity index (χ0n) is 10.4. The van der Waals surface area contributed by atoms with E-state index in [0.717, 1.165) is 0 Å². The highest BCUT2D eigenvalue weighted by molar-refractivity contribution is 6.30. The average Bonchev–Trinajstić information content (AvgIpc) is 2.88. The number of rotatable bonds is 3. The monoisotopic (exact) mass is 283 g/mol. The SMILES string of the molecule is COC(=O)C1(NC(=O)c2ccc(Cl)cc2)CCOC1. The third-order valence-corrected chi connectivity index (χ3v) is 3.31. The maximum absolute atomic E-state index is 12.1. The summed E-state index contributed by atoms with van der Waals surface area (Å²) in [6, 6.07) is 6.43. The van der Waals surface area contributed by atoms with Gasteiger partial charge in [0.1, 0.15) is 0 Å². The van der Waals surface area contributed by atoms with Gasteiger partial charge in [0, 0.05) is 23.6 Å². The summed E-state index contributed by atoms with van der Waals surface area (Å²) in [5.41, 5.74) is -0.662. The molecule has 1 atom stereocenters. The van der Waals surface area contributed by atoms with Crippen LogP contribution in [0.3, 0.4) is 0 Å². The first-order valence-electron chi connectivity index (χ1n) is 5.82. The Bertz CT molecular complexity index is 480. The van der Waals surface area contributed by atoms with Crippen LogP contribution in [0.2, 0.25) is 5.02 Å². The molecule has 2 rings (SSSR count). The largest absolute Gasteiger partial charge is 0.467 e. The highest BCUT2D eigenvalue weighted by Crippen LogP contribution is 2.21. The van der Waals surface area contributed by atoms with Crippen molar-refractivity contribution in [1.29, 1.82) is 0 Å². The number of halogens is 1. The lowest BCUT2D eigenvalue weighted by molar-refractivity contribution is -0.148. The number of carbonyl (C=O) groups is 2. The van der Waals surface area contributed by atoms with E-state index in [0.29, 0.717) is 23.6 Å². The smallest absolute Gasteiger partial charge is 0.334 e. The van der Waals surface area contributed by atoms with Gasteiger partial charge in [-0.05, 0) is 24.3 Å². The highest BCUT2D eigenvalue weighted by atomic mass is 35.5. The molecule has 5 nitrogen and oxygen atoms in total. The molecule has 1 aromatic carbocycles. The van der Waals surface area contributed by atoms with Gasteiger partial charge >= 0.3 is 5.97 Å². The second kappa shape index (κ2) is 5.59. The zero-order chi connectivity index (χ0) is 13.9. The van der Waals surface area contributed by atoms with E-state index in [1.165, 1.54) is 7.11 Å². The lowest BCUT2D eigenvalue weighted by atomic mass is 9.98. The lowest BCUT2D eigenvalue weighted by Gasteiger charge is -2.25. The summed E-state index contributed by atoms with van der Waals surface area (Å²) in [5, 5.41) is 3.24. The van der Waals surface area contributed by atoms with Gasteiger partial charge in [0.25, 0.3) is 5.91 Å². The van der Waals surface area contributed by atoms with Gasteiger partial charge in [0.15, 0.2) is 5.54 Å². The Morgan fingerprint density at radius 2 is 2.05 bits per heavy atom. The summed E-state index contributed by atoms with van der Waals surface area (Å²) in [6.07, 6.45) is 0.402. The number of methoxy groups -OCH3 is 1. The Morgan fingerprint density at radius 1 is 1.37 bits per heavy atom. The van der Waals surface area contributed by atoms with E-state index in [9.17, 15) is 9.59 Å². The number of esters is 1. The van der Waals surface area contributed by atoms with Crippen LogP contribution < -0.4 is 5.32 Å². The van der Waals surface area contributed by atoms with Crippen molar-refractivity contribution >= 4 is 23.5 Å². The molecule has 0 bridgehead atoms. The Balaban J connectivity index is 2.16. The van der Waals surface area contributed by atoms with Crippen molar-refractivity contribution in [3.05, 3.63) is 34.9 Å². The molecule has 102 valence electrons. The van der Waals surface area contributed by atoms with Crippen molar-refractivity contribution in [3.8, 4) is 0 Å². The van der Waals surface area contributed by atoms with E-state index in [1.54, 1.807) is 24.3 Å². The second-order valence-electron chi connectivity index (χ2n) is 4.34. The van der Waals surface area contributed by atoms with Gasteiger partial charge in [-0.3, -0.25) is 4.79 Å². The molecule has 1 aliphatic heterocycles. The molecule has 1 amide bonds. The molecule has 19 heavy (non-hydrogen) atoms. The molecular weight excluding hydrogens is 270 g/mol. The predicted molar refractivity (Wildman–Crippen MR) is 69.1 cm³/mol. The molecule has 1 saturated heterocycles. The van der Waals surface area contributed by atoms with Crippen molar-refractivity contribution in [3.63, 3.8) is 0 Å². The minimum absolute atomic E-state index is 0.124. The first-order chi connectivity index (χ1) is 9.07. The minimum atomic E-state index is -1.09. The Kier molecular flexibility index (Phi) is 4.07. The fourth-order valence-electron chi connectivity index (χ4n) is 1.96. The van der Waals surface area contributed by atoms with Crippen molar-refractivity contribution in [1.82, 2.24) is 5.32 Å². The number of ether oxygens (including phenoxy) is 2. The first-order valence-corrected chi connectivity index (χ1v) is 6.19. The molecule has 6 heteroatoms. The summed E-state index contributed by atoms with van der Waals surface area (Å²) in [7, 11) is 1.29. The number of amides is 1. The van der Waals surface area contributed by atoms with Crippen LogP contribution in [0.1, 0.15) is 16.8 Å². The normalized spacial score (nSPS) is 22.0. The Hall–Kier alpha value is -1.59. The summed E-state index contributed by atoms with van der Waals surface area (Å²) < 4.78 is 9.94. The van der Waals surface area contributed by atoms with Gasteiger partial charge < -0.3 is 14.8 Å². The number of nitrogens with one attached hydrogen (secondary N) is 1. The van der Waals surface area contributed by atoms with E-state index in [4.69, 9.17) is 21.1 Å². The summed E-state index contributed by atoms with van der Waals surface area (Å²) >= 11 is 5.76. The molecule has 0 aromatic heterocycles. The van der Waals surface area contributed by atoms with Gasteiger partial charge in [-0.1, -0.05) is 11.6 Å². The molecule has 1 aromatic rings.